The van der Waals surface area contributed by atoms with Crippen LogP contribution in [0.2, 0.25) is 0 Å². The Morgan fingerprint density at radius 2 is 1.52 bits per heavy atom. The molecule has 4 rings (SSSR count). The molecule has 0 spiro atoms. The molecular weight excluding hydrogens is 336 g/mol. The summed E-state index contributed by atoms with van der Waals surface area (Å²) >= 11 is 0. The lowest BCUT2D eigenvalue weighted by Gasteiger charge is -2.06. The monoisotopic (exact) mass is 356 g/mol. The minimum Gasteiger partial charge on any atom is -0.497 e. The maximum absolute atomic E-state index is 6.37. The zero-order valence-corrected chi connectivity index (χ0v) is 15.4. The normalized spacial score (nSPS) is 10.7. The molecule has 0 bridgehead atoms. The van der Waals surface area contributed by atoms with E-state index in [2.05, 4.69) is 18.7 Å². The van der Waals surface area contributed by atoms with Crippen molar-refractivity contribution in [3.8, 4) is 33.9 Å². The maximum Gasteiger partial charge on any atom is 0.143 e. The molecule has 4 aromatic rings. The molecule has 134 valence electrons. The Hall–Kier alpha value is -3.46. The summed E-state index contributed by atoms with van der Waals surface area (Å²) < 4.78 is 17.1. The summed E-state index contributed by atoms with van der Waals surface area (Å²) in [4.78, 5) is 0. The number of furan rings is 1. The molecule has 3 nitrogen and oxygen atoms in total. The third-order valence-corrected chi connectivity index (χ3v) is 4.66. The van der Waals surface area contributed by atoms with E-state index in [0.717, 1.165) is 50.5 Å². The van der Waals surface area contributed by atoms with Crippen molar-refractivity contribution in [2.24, 2.45) is 0 Å². The van der Waals surface area contributed by atoms with Gasteiger partial charge in [-0.15, -0.1) is 0 Å². The van der Waals surface area contributed by atoms with Gasteiger partial charge in [-0.25, -0.2) is 0 Å². The molecule has 3 heteroatoms. The van der Waals surface area contributed by atoms with E-state index < -0.39 is 0 Å². The van der Waals surface area contributed by atoms with Gasteiger partial charge in [0.2, 0.25) is 0 Å². The lowest BCUT2D eigenvalue weighted by atomic mass is 9.97. The van der Waals surface area contributed by atoms with Crippen LogP contribution in [0.4, 0.5) is 0 Å². The van der Waals surface area contributed by atoms with Crippen molar-refractivity contribution >= 4 is 17.0 Å². The molecule has 0 unspecified atom stereocenters. The van der Waals surface area contributed by atoms with Gasteiger partial charge >= 0.3 is 0 Å². The highest BCUT2D eigenvalue weighted by Crippen LogP contribution is 2.43. The molecule has 0 atom stereocenters. The van der Waals surface area contributed by atoms with Gasteiger partial charge < -0.3 is 13.9 Å². The van der Waals surface area contributed by atoms with Crippen LogP contribution in [0.15, 0.2) is 77.7 Å². The van der Waals surface area contributed by atoms with Crippen LogP contribution < -0.4 is 9.47 Å². The molecule has 1 heterocycles. The predicted octanol–water partition coefficient (Wildman–Crippen LogP) is 6.43. The van der Waals surface area contributed by atoms with E-state index in [-0.39, 0.29) is 0 Å². The lowest BCUT2D eigenvalue weighted by molar-refractivity contribution is 0.414. The first-order valence-electron chi connectivity index (χ1n) is 8.72. The van der Waals surface area contributed by atoms with Gasteiger partial charge in [0.25, 0.3) is 0 Å². The van der Waals surface area contributed by atoms with Gasteiger partial charge in [0.05, 0.1) is 14.2 Å². The summed E-state index contributed by atoms with van der Waals surface area (Å²) in [6.07, 6.45) is 1.79. The van der Waals surface area contributed by atoms with Gasteiger partial charge in [0.1, 0.15) is 22.8 Å². The van der Waals surface area contributed by atoms with Gasteiger partial charge in [-0.1, -0.05) is 43.0 Å². The van der Waals surface area contributed by atoms with E-state index in [0.29, 0.717) is 0 Å². The second kappa shape index (κ2) is 7.04. The van der Waals surface area contributed by atoms with Crippen molar-refractivity contribution in [3.63, 3.8) is 0 Å². The van der Waals surface area contributed by atoms with Crippen molar-refractivity contribution in [2.45, 2.75) is 0 Å². The summed E-state index contributed by atoms with van der Waals surface area (Å²) in [5, 5.41) is 1.00. The molecule has 0 N–H and O–H groups in total. The largest absolute Gasteiger partial charge is 0.497 e. The first-order valence-corrected chi connectivity index (χ1v) is 8.72. The molecule has 0 aliphatic carbocycles. The van der Waals surface area contributed by atoms with E-state index in [1.165, 1.54) is 0 Å². The second-order valence-electron chi connectivity index (χ2n) is 6.20. The summed E-state index contributed by atoms with van der Waals surface area (Å²) in [5.41, 5.74) is 4.82. The molecule has 27 heavy (non-hydrogen) atoms. The summed E-state index contributed by atoms with van der Waals surface area (Å²) in [7, 11) is 3.33. The highest BCUT2D eigenvalue weighted by Gasteiger charge is 2.20. The molecule has 0 saturated carbocycles. The molecular formula is C24H20O3. The highest BCUT2D eigenvalue weighted by molar-refractivity contribution is 6.05. The van der Waals surface area contributed by atoms with E-state index >= 15 is 0 Å². The maximum atomic E-state index is 6.37. The number of fused-ring (bicyclic) bond motifs is 1. The van der Waals surface area contributed by atoms with Crippen LogP contribution in [0.25, 0.3) is 39.5 Å². The smallest absolute Gasteiger partial charge is 0.143 e. The van der Waals surface area contributed by atoms with Crippen molar-refractivity contribution < 1.29 is 13.9 Å². The molecule has 0 aliphatic rings. The highest BCUT2D eigenvalue weighted by atomic mass is 16.5. The van der Waals surface area contributed by atoms with Gasteiger partial charge in [-0.3, -0.25) is 0 Å². The number of hydrogen-bond acceptors (Lipinski definition) is 3. The Balaban J connectivity index is 2.06. The second-order valence-corrected chi connectivity index (χ2v) is 6.20. The van der Waals surface area contributed by atoms with Gasteiger partial charge in [-0.2, -0.15) is 0 Å². The quantitative estimate of drug-likeness (QED) is 0.413. The fraction of sp³-hybridized carbons (Fsp3) is 0.0833. The summed E-state index contributed by atoms with van der Waals surface area (Å²) in [5.74, 6) is 2.40. The summed E-state index contributed by atoms with van der Waals surface area (Å²) in [6, 6.07) is 22.1. The van der Waals surface area contributed by atoms with Crippen LogP contribution >= 0.6 is 0 Å². The SMILES string of the molecule is C=Cc1cc(OC)cc2c(-c3ccccc3)c(-c3ccc(OC)cc3)oc12. The zero-order chi connectivity index (χ0) is 18.8. The van der Waals surface area contributed by atoms with E-state index in [9.17, 15) is 0 Å². The Morgan fingerprint density at radius 1 is 0.815 bits per heavy atom. The topological polar surface area (TPSA) is 31.6 Å². The first-order chi connectivity index (χ1) is 13.2. The molecule has 0 fully saturated rings. The summed E-state index contributed by atoms with van der Waals surface area (Å²) in [6.45, 7) is 3.93. The standard InChI is InChI=1S/C24H20O3/c1-4-16-14-20(26-3)15-21-22(17-8-6-5-7-9-17)24(27-23(16)21)18-10-12-19(25-2)13-11-18/h4-15H,1H2,2-3H3. The van der Waals surface area contributed by atoms with Crippen LogP contribution in [0, 0.1) is 0 Å². The van der Waals surface area contributed by atoms with Crippen LogP contribution in [0.5, 0.6) is 11.5 Å². The van der Waals surface area contributed by atoms with E-state index in [4.69, 9.17) is 13.9 Å². The van der Waals surface area contributed by atoms with Crippen molar-refractivity contribution in [3.05, 3.63) is 78.9 Å². The van der Waals surface area contributed by atoms with Crippen molar-refractivity contribution in [1.82, 2.24) is 0 Å². The van der Waals surface area contributed by atoms with E-state index in [1.54, 1.807) is 20.3 Å². The van der Waals surface area contributed by atoms with Crippen molar-refractivity contribution in [2.75, 3.05) is 14.2 Å². The van der Waals surface area contributed by atoms with Gasteiger partial charge in [0.15, 0.2) is 0 Å². The molecule has 0 aliphatic heterocycles. The fourth-order valence-electron chi connectivity index (χ4n) is 3.31. The van der Waals surface area contributed by atoms with Crippen LogP contribution in [-0.4, -0.2) is 14.2 Å². The molecule has 3 aromatic carbocycles. The minimum absolute atomic E-state index is 0.775. The third kappa shape index (κ3) is 2.97. The lowest BCUT2D eigenvalue weighted by Crippen LogP contribution is -1.85. The molecule has 0 saturated heterocycles. The number of ether oxygens (including phenoxy) is 2. The zero-order valence-electron chi connectivity index (χ0n) is 15.4. The van der Waals surface area contributed by atoms with Gasteiger partial charge in [0, 0.05) is 22.1 Å². The third-order valence-electron chi connectivity index (χ3n) is 4.66. The number of rotatable bonds is 5. The average molecular weight is 356 g/mol. The fourth-order valence-corrected chi connectivity index (χ4v) is 3.31. The van der Waals surface area contributed by atoms with Crippen LogP contribution in [-0.2, 0) is 0 Å². The molecule has 0 amide bonds. The van der Waals surface area contributed by atoms with Crippen molar-refractivity contribution in [1.29, 1.82) is 0 Å². The average Bonchev–Trinajstić information content (AvgIpc) is 3.13. The molecule has 0 radical (unpaired) electrons. The molecule has 1 aromatic heterocycles. The number of benzene rings is 3. The van der Waals surface area contributed by atoms with E-state index in [1.807, 2.05) is 54.6 Å². The Kier molecular flexibility index (Phi) is 4.43. The van der Waals surface area contributed by atoms with Crippen LogP contribution in [0.1, 0.15) is 5.56 Å². The number of hydrogen-bond donors (Lipinski definition) is 0. The van der Waals surface area contributed by atoms with Gasteiger partial charge in [-0.05, 0) is 42.0 Å². The van der Waals surface area contributed by atoms with Crippen LogP contribution in [0.3, 0.4) is 0 Å². The Labute approximate surface area is 158 Å². The number of methoxy groups -OCH3 is 2. The predicted molar refractivity (Wildman–Crippen MR) is 110 cm³/mol. The Bertz CT molecular complexity index is 1090. The first kappa shape index (κ1) is 17.0. The minimum atomic E-state index is 0.775. The Morgan fingerprint density at radius 3 is 2.15 bits per heavy atom.